The lowest BCUT2D eigenvalue weighted by atomic mass is 10.0. The van der Waals surface area contributed by atoms with Crippen molar-refractivity contribution in [3.63, 3.8) is 0 Å². The Balaban J connectivity index is 3.40. The Morgan fingerprint density at radius 3 is 1.02 bits per heavy atom. The third kappa shape index (κ3) is 42.0. The average molecular weight is 760 g/mol. The van der Waals surface area contributed by atoms with E-state index < -0.39 is 12.1 Å². The molecule has 2 atom stereocenters. The van der Waals surface area contributed by atoms with Crippen LogP contribution in [0.25, 0.3) is 0 Å². The highest BCUT2D eigenvalue weighted by atomic mass is 16.3. The summed E-state index contributed by atoms with van der Waals surface area (Å²) in [6.45, 7) is 4.30. The van der Waals surface area contributed by atoms with Gasteiger partial charge in [-0.1, -0.05) is 244 Å². The first-order chi connectivity index (χ1) is 26.7. The third-order valence-electron chi connectivity index (χ3n) is 11.4. The van der Waals surface area contributed by atoms with Gasteiger partial charge in [-0.3, -0.25) is 4.79 Å². The molecule has 0 bridgehead atoms. The van der Waals surface area contributed by atoms with Gasteiger partial charge in [0.05, 0.1) is 18.8 Å². The maximum atomic E-state index is 12.4. The number of aliphatic hydroxyl groups is 2. The topological polar surface area (TPSA) is 69.6 Å². The molecule has 4 heteroatoms. The van der Waals surface area contributed by atoms with Crippen molar-refractivity contribution in [3.05, 3.63) is 24.3 Å². The van der Waals surface area contributed by atoms with Gasteiger partial charge in [-0.05, 0) is 44.9 Å². The van der Waals surface area contributed by atoms with Crippen LogP contribution in [-0.2, 0) is 4.79 Å². The number of allylic oxidation sites excluding steroid dienone is 3. The normalized spacial score (nSPS) is 13.0. The summed E-state index contributed by atoms with van der Waals surface area (Å²) in [6.07, 6.45) is 60.4. The number of carbonyl (C=O) groups is 1. The fraction of sp³-hybridized carbons (Fsp3) is 0.900. The van der Waals surface area contributed by atoms with Gasteiger partial charge in [0.15, 0.2) is 0 Å². The highest BCUT2D eigenvalue weighted by Crippen LogP contribution is 2.16. The van der Waals surface area contributed by atoms with Gasteiger partial charge in [0.1, 0.15) is 0 Å². The van der Waals surface area contributed by atoms with Crippen LogP contribution < -0.4 is 5.32 Å². The number of hydrogen-bond donors (Lipinski definition) is 3. The maximum Gasteiger partial charge on any atom is 0.220 e. The van der Waals surface area contributed by atoms with E-state index in [1.165, 1.54) is 225 Å². The highest BCUT2D eigenvalue weighted by Gasteiger charge is 2.18. The standard InChI is InChI=1S/C50H97NO3/c1-3-5-7-9-11-13-15-16-17-18-19-20-21-22-23-24-25-26-27-28-29-30-31-32-33-34-35-36-38-40-42-44-46-50(54)51-48(47-52)49(53)45-43-41-39-37-14-12-10-8-6-4-2/h22-23,43,45,48-49,52-53H,3-21,24-42,44,46-47H2,1-2H3,(H,51,54)/b23-22-,45-43+. The Hall–Kier alpha value is -1.13. The molecule has 0 saturated carbocycles. The van der Waals surface area contributed by atoms with Crippen molar-refractivity contribution >= 4 is 5.91 Å². The Labute approximate surface area is 339 Å². The van der Waals surface area contributed by atoms with Gasteiger partial charge in [0.25, 0.3) is 0 Å². The lowest BCUT2D eigenvalue weighted by Gasteiger charge is -2.20. The van der Waals surface area contributed by atoms with Crippen LogP contribution in [0.2, 0.25) is 0 Å². The van der Waals surface area contributed by atoms with E-state index in [1.54, 1.807) is 6.08 Å². The summed E-state index contributed by atoms with van der Waals surface area (Å²) in [5.41, 5.74) is 0. The highest BCUT2D eigenvalue weighted by molar-refractivity contribution is 5.76. The number of unbranched alkanes of at least 4 members (excludes halogenated alkanes) is 36. The molecular formula is C50H97NO3. The lowest BCUT2D eigenvalue weighted by Crippen LogP contribution is -2.45. The molecule has 320 valence electrons. The van der Waals surface area contributed by atoms with Gasteiger partial charge < -0.3 is 15.5 Å². The van der Waals surface area contributed by atoms with Crippen molar-refractivity contribution in [1.29, 1.82) is 0 Å². The van der Waals surface area contributed by atoms with E-state index in [-0.39, 0.29) is 12.5 Å². The minimum Gasteiger partial charge on any atom is -0.394 e. The van der Waals surface area contributed by atoms with Crippen LogP contribution in [0.5, 0.6) is 0 Å². The molecule has 0 aliphatic carbocycles. The van der Waals surface area contributed by atoms with Gasteiger partial charge in [0, 0.05) is 6.42 Å². The SMILES string of the molecule is CCCCCCCCCC/C=C/C(O)C(CO)NC(=O)CCCCCCCCCCCCCCCCCC/C=C\CCCCCCCCCCCCCC. The van der Waals surface area contributed by atoms with Crippen LogP contribution >= 0.6 is 0 Å². The summed E-state index contributed by atoms with van der Waals surface area (Å²) in [4.78, 5) is 12.4. The monoisotopic (exact) mass is 760 g/mol. The molecule has 0 aromatic rings. The molecule has 2 unspecified atom stereocenters. The van der Waals surface area contributed by atoms with Crippen LogP contribution in [0.15, 0.2) is 24.3 Å². The van der Waals surface area contributed by atoms with Gasteiger partial charge in [0.2, 0.25) is 5.91 Å². The molecule has 0 saturated heterocycles. The number of carbonyl (C=O) groups excluding carboxylic acids is 1. The quantitative estimate of drug-likeness (QED) is 0.0428. The molecule has 4 nitrogen and oxygen atoms in total. The van der Waals surface area contributed by atoms with E-state index in [1.807, 2.05) is 6.08 Å². The summed E-state index contributed by atoms with van der Waals surface area (Å²) in [6, 6.07) is -0.617. The van der Waals surface area contributed by atoms with Crippen molar-refractivity contribution in [1.82, 2.24) is 5.32 Å². The van der Waals surface area contributed by atoms with E-state index in [9.17, 15) is 15.0 Å². The van der Waals surface area contributed by atoms with Crippen molar-refractivity contribution in [2.75, 3.05) is 6.61 Å². The van der Waals surface area contributed by atoms with Crippen LogP contribution in [0.1, 0.15) is 271 Å². The van der Waals surface area contributed by atoms with Crippen molar-refractivity contribution in [2.24, 2.45) is 0 Å². The molecule has 0 aliphatic heterocycles. The summed E-state index contributed by atoms with van der Waals surface area (Å²) >= 11 is 0. The smallest absolute Gasteiger partial charge is 0.220 e. The third-order valence-corrected chi connectivity index (χ3v) is 11.4. The molecule has 0 spiro atoms. The summed E-state index contributed by atoms with van der Waals surface area (Å²) in [5.74, 6) is -0.0624. The molecule has 0 aromatic heterocycles. The molecule has 0 aliphatic rings. The fourth-order valence-electron chi connectivity index (χ4n) is 7.65. The first kappa shape index (κ1) is 52.9. The van der Waals surface area contributed by atoms with Crippen LogP contribution in [0.3, 0.4) is 0 Å². The van der Waals surface area contributed by atoms with Gasteiger partial charge in [-0.25, -0.2) is 0 Å². The largest absolute Gasteiger partial charge is 0.394 e. The van der Waals surface area contributed by atoms with E-state index in [0.29, 0.717) is 6.42 Å². The second-order valence-electron chi connectivity index (χ2n) is 16.9. The first-order valence-corrected chi connectivity index (χ1v) is 24.6. The molecule has 0 radical (unpaired) electrons. The van der Waals surface area contributed by atoms with Crippen LogP contribution in [0.4, 0.5) is 0 Å². The number of nitrogens with one attached hydrogen (secondary N) is 1. The number of aliphatic hydroxyl groups excluding tert-OH is 2. The van der Waals surface area contributed by atoms with Crippen LogP contribution in [-0.4, -0.2) is 34.9 Å². The van der Waals surface area contributed by atoms with Gasteiger partial charge in [-0.2, -0.15) is 0 Å². The Kier molecular flexibility index (Phi) is 45.3. The summed E-state index contributed by atoms with van der Waals surface area (Å²) < 4.78 is 0. The molecule has 3 N–H and O–H groups in total. The van der Waals surface area contributed by atoms with E-state index >= 15 is 0 Å². The summed E-state index contributed by atoms with van der Waals surface area (Å²) in [7, 11) is 0. The Morgan fingerprint density at radius 1 is 0.426 bits per heavy atom. The molecule has 0 aromatic carbocycles. The Bertz CT molecular complexity index is 780. The minimum atomic E-state index is -0.834. The minimum absolute atomic E-state index is 0.0624. The van der Waals surface area contributed by atoms with Crippen molar-refractivity contribution in [2.45, 2.75) is 283 Å². The second-order valence-corrected chi connectivity index (χ2v) is 16.9. The van der Waals surface area contributed by atoms with Crippen LogP contribution in [0, 0.1) is 0 Å². The molecular weight excluding hydrogens is 663 g/mol. The zero-order valence-corrected chi connectivity index (χ0v) is 36.8. The summed E-state index contributed by atoms with van der Waals surface area (Å²) in [5, 5.41) is 22.9. The Morgan fingerprint density at radius 2 is 0.704 bits per heavy atom. The first-order valence-electron chi connectivity index (χ1n) is 24.6. The zero-order valence-electron chi connectivity index (χ0n) is 36.8. The lowest BCUT2D eigenvalue weighted by molar-refractivity contribution is -0.123. The predicted octanol–water partition coefficient (Wildman–Crippen LogP) is 15.6. The fourth-order valence-corrected chi connectivity index (χ4v) is 7.65. The zero-order chi connectivity index (χ0) is 39.3. The number of amides is 1. The molecule has 0 fully saturated rings. The average Bonchev–Trinajstić information content (AvgIpc) is 3.18. The molecule has 1 amide bonds. The van der Waals surface area contributed by atoms with Crippen molar-refractivity contribution in [3.8, 4) is 0 Å². The van der Waals surface area contributed by atoms with Gasteiger partial charge >= 0.3 is 0 Å². The predicted molar refractivity (Wildman–Crippen MR) is 239 cm³/mol. The second kappa shape index (κ2) is 46.3. The number of hydrogen-bond acceptors (Lipinski definition) is 3. The van der Waals surface area contributed by atoms with E-state index in [4.69, 9.17) is 0 Å². The molecule has 54 heavy (non-hydrogen) atoms. The molecule has 0 rings (SSSR count). The van der Waals surface area contributed by atoms with E-state index in [0.717, 1.165) is 25.7 Å². The van der Waals surface area contributed by atoms with Crippen molar-refractivity contribution < 1.29 is 15.0 Å². The van der Waals surface area contributed by atoms with Gasteiger partial charge in [-0.15, -0.1) is 0 Å². The van der Waals surface area contributed by atoms with E-state index in [2.05, 4.69) is 31.3 Å². The number of rotatable bonds is 45. The molecule has 0 heterocycles. The maximum absolute atomic E-state index is 12.4.